The van der Waals surface area contributed by atoms with Crippen LogP contribution in [0.2, 0.25) is 0 Å². The molecule has 1 atom stereocenters. The number of likely N-dealkylation sites (tertiary alicyclic amines) is 1. The Kier molecular flexibility index (Phi) is 9.13. The number of nitrogens with one attached hydrogen (secondary N) is 2. The zero-order valence-corrected chi connectivity index (χ0v) is 22.0. The van der Waals surface area contributed by atoms with Crippen LogP contribution in [0, 0.1) is 23.5 Å². The van der Waals surface area contributed by atoms with E-state index in [1.54, 1.807) is 11.7 Å². The van der Waals surface area contributed by atoms with E-state index in [2.05, 4.69) is 38.9 Å². The number of aromatic amines is 1. The Morgan fingerprint density at radius 3 is 2.77 bits per heavy atom. The minimum Gasteiger partial charge on any atom is -0.395 e. The van der Waals surface area contributed by atoms with Gasteiger partial charge in [0.1, 0.15) is 22.6 Å². The van der Waals surface area contributed by atoms with Gasteiger partial charge < -0.3 is 30.4 Å². The van der Waals surface area contributed by atoms with Gasteiger partial charge in [0.15, 0.2) is 11.6 Å². The quantitative estimate of drug-likeness (QED) is 0.245. The highest BCUT2D eigenvalue weighted by molar-refractivity contribution is 5.99. The molecule has 2 aliphatic rings. The number of aliphatic hydroxyl groups is 1. The summed E-state index contributed by atoms with van der Waals surface area (Å²) in [5.41, 5.74) is 5.27. The highest BCUT2D eigenvalue weighted by atomic mass is 19.1. The van der Waals surface area contributed by atoms with Crippen molar-refractivity contribution in [3.63, 3.8) is 0 Å². The molecule has 0 spiro atoms. The van der Waals surface area contributed by atoms with E-state index < -0.39 is 23.1 Å². The first-order chi connectivity index (χ1) is 19.3. The Labute approximate surface area is 229 Å². The summed E-state index contributed by atoms with van der Waals surface area (Å²) in [4.78, 5) is 28.8. The Morgan fingerprint density at radius 1 is 1.35 bits per heavy atom. The number of carbonyl (C=O) groups is 2. The number of ether oxygens (including phenoxy) is 1. The van der Waals surface area contributed by atoms with Crippen LogP contribution < -0.4 is 11.1 Å². The van der Waals surface area contributed by atoms with Gasteiger partial charge in [0, 0.05) is 32.3 Å². The molecule has 0 bridgehead atoms. The van der Waals surface area contributed by atoms with Crippen molar-refractivity contribution < 1.29 is 28.2 Å². The lowest BCUT2D eigenvalue weighted by Crippen LogP contribution is -2.36. The second-order valence-electron chi connectivity index (χ2n) is 9.37. The summed E-state index contributed by atoms with van der Waals surface area (Å²) in [5, 5.41) is 17.9. The Morgan fingerprint density at radius 2 is 2.12 bits per heavy atom. The standard InChI is InChI=1S/C18H16F2N6O2.C9H15NO2/c19-11-7-13-16(23-8-26(13)9-1-2-9)15(20)10(11)3-4-12-14(17(21)28)18(25-24-12)22-5-6-27;1-3-9(11)10-6-4-5-8(10)7-12-2/h7-9,27H,1-2,5-6H2,(H2,21,28)(H2,22,24,25);3,8H,1,4-7H2,2H3. The number of amides is 2. The van der Waals surface area contributed by atoms with Gasteiger partial charge in [0.2, 0.25) is 5.91 Å². The van der Waals surface area contributed by atoms with Crippen LogP contribution in [0.15, 0.2) is 25.0 Å². The lowest BCUT2D eigenvalue weighted by molar-refractivity contribution is -0.127. The molecular formula is C27H31F2N7O4. The minimum atomic E-state index is -0.860. The number of methoxy groups -OCH3 is 1. The lowest BCUT2D eigenvalue weighted by Gasteiger charge is -2.22. The molecule has 0 radical (unpaired) electrons. The SMILES string of the molecule is C=CC(=O)N1CCCC1COC.NC(=O)c1c(NCCO)n[nH]c1C#Cc1c(F)cc2c(ncn2C2CC2)c1F. The van der Waals surface area contributed by atoms with Crippen molar-refractivity contribution in [2.45, 2.75) is 37.8 Å². The molecule has 13 heteroatoms. The summed E-state index contributed by atoms with van der Waals surface area (Å²) >= 11 is 0. The number of imidazole rings is 1. The molecule has 2 amide bonds. The number of benzene rings is 1. The largest absolute Gasteiger partial charge is 0.395 e. The number of carbonyl (C=O) groups excluding carboxylic acids is 2. The van der Waals surface area contributed by atoms with Crippen molar-refractivity contribution in [2.75, 3.05) is 38.7 Å². The molecule has 2 aromatic heterocycles. The minimum absolute atomic E-state index is 0.00958. The lowest BCUT2D eigenvalue weighted by atomic mass is 10.1. The molecule has 1 aliphatic heterocycles. The summed E-state index contributed by atoms with van der Waals surface area (Å²) in [6, 6.07) is 1.71. The summed E-state index contributed by atoms with van der Waals surface area (Å²) in [6.45, 7) is 4.91. The van der Waals surface area contributed by atoms with Crippen LogP contribution in [0.4, 0.5) is 14.6 Å². The number of nitrogens with two attached hydrogens (primary N) is 1. The predicted molar refractivity (Wildman–Crippen MR) is 143 cm³/mol. The number of halogens is 2. The molecule has 3 aromatic rings. The number of primary amides is 1. The Hall–Kier alpha value is -4.28. The molecule has 1 saturated carbocycles. The molecule has 2 fully saturated rings. The van der Waals surface area contributed by atoms with E-state index in [9.17, 15) is 18.4 Å². The van der Waals surface area contributed by atoms with Gasteiger partial charge in [-0.25, -0.2) is 13.8 Å². The summed E-state index contributed by atoms with van der Waals surface area (Å²) in [6.07, 6.45) is 6.91. The van der Waals surface area contributed by atoms with Crippen molar-refractivity contribution in [1.29, 1.82) is 0 Å². The van der Waals surface area contributed by atoms with Gasteiger partial charge in [-0.3, -0.25) is 14.7 Å². The molecule has 1 aliphatic carbocycles. The van der Waals surface area contributed by atoms with Gasteiger partial charge in [0.05, 0.1) is 36.7 Å². The second-order valence-corrected chi connectivity index (χ2v) is 9.37. The molecular weight excluding hydrogens is 524 g/mol. The second kappa shape index (κ2) is 12.7. The van der Waals surface area contributed by atoms with Gasteiger partial charge in [-0.05, 0) is 37.7 Å². The van der Waals surface area contributed by atoms with Crippen molar-refractivity contribution in [2.24, 2.45) is 5.73 Å². The molecule has 5 rings (SSSR count). The van der Waals surface area contributed by atoms with Crippen LogP contribution in [-0.2, 0) is 9.53 Å². The fourth-order valence-electron chi connectivity index (χ4n) is 4.56. The highest BCUT2D eigenvalue weighted by Crippen LogP contribution is 2.38. The number of hydrogen-bond acceptors (Lipinski definition) is 7. The smallest absolute Gasteiger partial charge is 0.255 e. The van der Waals surface area contributed by atoms with Crippen LogP contribution in [0.3, 0.4) is 0 Å². The average molecular weight is 556 g/mol. The predicted octanol–water partition coefficient (Wildman–Crippen LogP) is 2.09. The first-order valence-corrected chi connectivity index (χ1v) is 12.8. The maximum atomic E-state index is 14.8. The van der Waals surface area contributed by atoms with E-state index >= 15 is 0 Å². The number of rotatable bonds is 8. The van der Waals surface area contributed by atoms with E-state index in [-0.39, 0.29) is 53.7 Å². The number of aromatic nitrogens is 4. The van der Waals surface area contributed by atoms with E-state index in [0.717, 1.165) is 32.2 Å². The molecule has 11 nitrogen and oxygen atoms in total. The van der Waals surface area contributed by atoms with Crippen LogP contribution in [0.25, 0.3) is 11.0 Å². The molecule has 1 unspecified atom stereocenters. The number of nitrogens with zero attached hydrogens (tertiary/aromatic N) is 4. The van der Waals surface area contributed by atoms with Crippen LogP contribution >= 0.6 is 0 Å². The van der Waals surface area contributed by atoms with Gasteiger partial charge in [-0.15, -0.1) is 0 Å². The van der Waals surface area contributed by atoms with Crippen LogP contribution in [0.5, 0.6) is 0 Å². The average Bonchev–Trinajstić information content (AvgIpc) is 3.32. The Balaban J connectivity index is 0.000000259. The van der Waals surface area contributed by atoms with E-state index in [0.29, 0.717) is 12.1 Å². The summed E-state index contributed by atoms with van der Waals surface area (Å²) in [5.74, 6) is 2.54. The number of fused-ring (bicyclic) bond motifs is 1. The first-order valence-electron chi connectivity index (χ1n) is 12.8. The summed E-state index contributed by atoms with van der Waals surface area (Å²) < 4.78 is 36.1. The van der Waals surface area contributed by atoms with Crippen LogP contribution in [-0.4, -0.2) is 81.0 Å². The zero-order chi connectivity index (χ0) is 28.8. The molecule has 212 valence electrons. The number of aliphatic hydroxyl groups excluding tert-OH is 1. The zero-order valence-electron chi connectivity index (χ0n) is 22.0. The van der Waals surface area contributed by atoms with Gasteiger partial charge >= 0.3 is 0 Å². The highest BCUT2D eigenvalue weighted by Gasteiger charge is 2.28. The van der Waals surface area contributed by atoms with E-state index in [1.807, 2.05) is 4.90 Å². The maximum Gasteiger partial charge on any atom is 0.255 e. The number of anilines is 1. The molecule has 5 N–H and O–H groups in total. The molecule has 1 aromatic carbocycles. The molecule has 1 saturated heterocycles. The van der Waals surface area contributed by atoms with Crippen molar-refractivity contribution in [3.8, 4) is 11.8 Å². The number of H-pyrrole nitrogens is 1. The third kappa shape index (κ3) is 6.13. The fourth-order valence-corrected chi connectivity index (χ4v) is 4.56. The number of hydrogen-bond donors (Lipinski definition) is 4. The normalized spacial score (nSPS) is 16.2. The van der Waals surface area contributed by atoms with E-state index in [4.69, 9.17) is 15.6 Å². The molecule has 40 heavy (non-hydrogen) atoms. The van der Waals surface area contributed by atoms with Crippen molar-refractivity contribution >= 4 is 28.7 Å². The Bertz CT molecular complexity index is 1470. The monoisotopic (exact) mass is 555 g/mol. The third-order valence-corrected chi connectivity index (χ3v) is 6.63. The summed E-state index contributed by atoms with van der Waals surface area (Å²) in [7, 11) is 1.66. The van der Waals surface area contributed by atoms with Gasteiger partial charge in [-0.2, -0.15) is 5.10 Å². The fraction of sp³-hybridized carbons (Fsp3) is 0.407. The van der Waals surface area contributed by atoms with Crippen molar-refractivity contribution in [3.05, 3.63) is 53.5 Å². The first kappa shape index (κ1) is 28.7. The third-order valence-electron chi connectivity index (χ3n) is 6.63. The van der Waals surface area contributed by atoms with Gasteiger partial charge in [-0.1, -0.05) is 12.5 Å². The topological polar surface area (TPSA) is 151 Å². The molecule has 3 heterocycles. The van der Waals surface area contributed by atoms with E-state index in [1.165, 1.54) is 18.5 Å². The maximum absolute atomic E-state index is 14.8. The van der Waals surface area contributed by atoms with Crippen molar-refractivity contribution in [1.82, 2.24) is 24.6 Å². The van der Waals surface area contributed by atoms with Crippen LogP contribution in [0.1, 0.15) is 53.3 Å². The van der Waals surface area contributed by atoms with Gasteiger partial charge in [0.25, 0.3) is 5.91 Å².